The first-order chi connectivity index (χ1) is 8.35. The van der Waals surface area contributed by atoms with E-state index in [-0.39, 0.29) is 6.29 Å². The fraction of sp³-hybridized carbons (Fsp3) is 1.00. The standard InChI is InChI=1S/C14H30O3/c1-4-7-8-9-10-11-12-15-13-14(16-5-2)17-6-3/h14H,4-13H2,1-3H3. The Kier molecular flexibility index (Phi) is 13.8. The van der Waals surface area contributed by atoms with E-state index in [2.05, 4.69) is 6.92 Å². The van der Waals surface area contributed by atoms with Crippen LogP contribution >= 0.6 is 0 Å². The molecule has 0 unspecified atom stereocenters. The Bertz CT molecular complexity index is 133. The van der Waals surface area contributed by atoms with Crippen LogP contribution in [0.15, 0.2) is 0 Å². The quantitative estimate of drug-likeness (QED) is 0.366. The first-order valence-electron chi connectivity index (χ1n) is 7.16. The Labute approximate surface area is 107 Å². The molecule has 0 fully saturated rings. The molecule has 3 heteroatoms. The zero-order valence-corrected chi connectivity index (χ0v) is 11.9. The second-order valence-corrected chi connectivity index (χ2v) is 4.18. The first kappa shape index (κ1) is 16.9. The van der Waals surface area contributed by atoms with Crippen LogP contribution < -0.4 is 0 Å². The SMILES string of the molecule is CCCCCCCCOCC(OCC)OCC. The van der Waals surface area contributed by atoms with E-state index < -0.39 is 0 Å². The highest BCUT2D eigenvalue weighted by Crippen LogP contribution is 2.05. The Balaban J connectivity index is 3.23. The average molecular weight is 246 g/mol. The van der Waals surface area contributed by atoms with Gasteiger partial charge in [-0.3, -0.25) is 0 Å². The fourth-order valence-electron chi connectivity index (χ4n) is 1.68. The van der Waals surface area contributed by atoms with Gasteiger partial charge in [0.1, 0.15) is 0 Å². The van der Waals surface area contributed by atoms with Crippen molar-refractivity contribution in [2.45, 2.75) is 65.6 Å². The van der Waals surface area contributed by atoms with Crippen LogP contribution in [0.5, 0.6) is 0 Å². The van der Waals surface area contributed by atoms with Crippen LogP contribution in [-0.4, -0.2) is 32.7 Å². The Hall–Kier alpha value is -0.120. The Morgan fingerprint density at radius 3 is 1.94 bits per heavy atom. The topological polar surface area (TPSA) is 27.7 Å². The van der Waals surface area contributed by atoms with Gasteiger partial charge >= 0.3 is 0 Å². The third kappa shape index (κ3) is 12.1. The van der Waals surface area contributed by atoms with Crippen molar-refractivity contribution in [2.75, 3.05) is 26.4 Å². The van der Waals surface area contributed by atoms with Crippen molar-refractivity contribution in [3.63, 3.8) is 0 Å². The lowest BCUT2D eigenvalue weighted by Gasteiger charge is -2.16. The van der Waals surface area contributed by atoms with Crippen LogP contribution in [0.25, 0.3) is 0 Å². The summed E-state index contributed by atoms with van der Waals surface area (Å²) in [6.07, 6.45) is 7.58. The van der Waals surface area contributed by atoms with Crippen molar-refractivity contribution in [1.29, 1.82) is 0 Å². The average Bonchev–Trinajstić information content (AvgIpc) is 2.33. The highest BCUT2D eigenvalue weighted by Gasteiger charge is 2.06. The molecule has 0 rings (SSSR count). The first-order valence-corrected chi connectivity index (χ1v) is 7.16. The summed E-state index contributed by atoms with van der Waals surface area (Å²) in [5.74, 6) is 0. The van der Waals surface area contributed by atoms with Gasteiger partial charge < -0.3 is 14.2 Å². The van der Waals surface area contributed by atoms with Crippen molar-refractivity contribution in [2.24, 2.45) is 0 Å². The molecule has 0 saturated carbocycles. The van der Waals surface area contributed by atoms with E-state index in [1.54, 1.807) is 0 Å². The van der Waals surface area contributed by atoms with Crippen molar-refractivity contribution < 1.29 is 14.2 Å². The van der Waals surface area contributed by atoms with Crippen LogP contribution in [0.3, 0.4) is 0 Å². The molecule has 0 bridgehead atoms. The molecule has 3 nitrogen and oxygen atoms in total. The van der Waals surface area contributed by atoms with Gasteiger partial charge in [0.15, 0.2) is 6.29 Å². The van der Waals surface area contributed by atoms with Gasteiger partial charge in [0.2, 0.25) is 0 Å². The maximum absolute atomic E-state index is 5.56. The molecule has 0 aromatic carbocycles. The lowest BCUT2D eigenvalue weighted by Crippen LogP contribution is -2.23. The van der Waals surface area contributed by atoms with Gasteiger partial charge in [0, 0.05) is 19.8 Å². The Morgan fingerprint density at radius 2 is 1.35 bits per heavy atom. The summed E-state index contributed by atoms with van der Waals surface area (Å²) in [4.78, 5) is 0. The summed E-state index contributed by atoms with van der Waals surface area (Å²) < 4.78 is 16.3. The smallest absolute Gasteiger partial charge is 0.180 e. The monoisotopic (exact) mass is 246 g/mol. The molecule has 17 heavy (non-hydrogen) atoms. The molecule has 0 aliphatic carbocycles. The minimum atomic E-state index is -0.190. The lowest BCUT2D eigenvalue weighted by molar-refractivity contribution is -0.167. The molecule has 0 saturated heterocycles. The number of hydrogen-bond acceptors (Lipinski definition) is 3. The molecule has 0 aliphatic rings. The second-order valence-electron chi connectivity index (χ2n) is 4.18. The van der Waals surface area contributed by atoms with E-state index >= 15 is 0 Å². The summed E-state index contributed by atoms with van der Waals surface area (Å²) in [5.41, 5.74) is 0. The van der Waals surface area contributed by atoms with Gasteiger partial charge in [-0.25, -0.2) is 0 Å². The van der Waals surface area contributed by atoms with E-state index in [9.17, 15) is 0 Å². The summed E-state index contributed by atoms with van der Waals surface area (Å²) >= 11 is 0. The highest BCUT2D eigenvalue weighted by molar-refractivity contribution is 4.45. The Morgan fingerprint density at radius 1 is 0.765 bits per heavy atom. The maximum atomic E-state index is 5.56. The molecule has 0 amide bonds. The van der Waals surface area contributed by atoms with Crippen LogP contribution in [-0.2, 0) is 14.2 Å². The van der Waals surface area contributed by atoms with Gasteiger partial charge in [-0.05, 0) is 20.3 Å². The fourth-order valence-corrected chi connectivity index (χ4v) is 1.68. The lowest BCUT2D eigenvalue weighted by atomic mass is 10.1. The van der Waals surface area contributed by atoms with Gasteiger partial charge in [0.25, 0.3) is 0 Å². The summed E-state index contributed by atoms with van der Waals surface area (Å²) in [6, 6.07) is 0. The van der Waals surface area contributed by atoms with Gasteiger partial charge in [-0.1, -0.05) is 39.0 Å². The molecule has 0 heterocycles. The van der Waals surface area contributed by atoms with E-state index in [4.69, 9.17) is 14.2 Å². The predicted octanol–water partition coefficient (Wildman–Crippen LogP) is 3.76. The third-order valence-corrected chi connectivity index (χ3v) is 2.60. The molecule has 0 aromatic heterocycles. The minimum absolute atomic E-state index is 0.190. The predicted molar refractivity (Wildman–Crippen MR) is 71.2 cm³/mol. The highest BCUT2D eigenvalue weighted by atomic mass is 16.7. The molecule has 0 spiro atoms. The van der Waals surface area contributed by atoms with E-state index in [0.29, 0.717) is 19.8 Å². The summed E-state index contributed by atoms with van der Waals surface area (Å²) in [7, 11) is 0. The van der Waals surface area contributed by atoms with Crippen LogP contribution in [0.2, 0.25) is 0 Å². The summed E-state index contributed by atoms with van der Waals surface area (Å²) in [6.45, 7) is 8.90. The molecule has 0 aliphatic heterocycles. The normalized spacial score (nSPS) is 11.3. The third-order valence-electron chi connectivity index (χ3n) is 2.60. The van der Waals surface area contributed by atoms with Crippen LogP contribution in [0, 0.1) is 0 Å². The zero-order chi connectivity index (χ0) is 12.8. The van der Waals surface area contributed by atoms with Crippen molar-refractivity contribution in [3.8, 4) is 0 Å². The largest absolute Gasteiger partial charge is 0.376 e. The van der Waals surface area contributed by atoms with Crippen molar-refractivity contribution in [1.82, 2.24) is 0 Å². The molecule has 0 atom stereocenters. The zero-order valence-electron chi connectivity index (χ0n) is 11.9. The maximum Gasteiger partial charge on any atom is 0.180 e. The number of unbranched alkanes of at least 4 members (excludes halogenated alkanes) is 5. The number of hydrogen-bond donors (Lipinski definition) is 0. The van der Waals surface area contributed by atoms with Crippen LogP contribution in [0.1, 0.15) is 59.3 Å². The molecule has 0 aromatic rings. The van der Waals surface area contributed by atoms with Gasteiger partial charge in [-0.15, -0.1) is 0 Å². The molecule has 0 radical (unpaired) electrons. The molecule has 0 N–H and O–H groups in total. The number of ether oxygens (including phenoxy) is 3. The summed E-state index contributed by atoms with van der Waals surface area (Å²) in [5, 5.41) is 0. The van der Waals surface area contributed by atoms with E-state index in [0.717, 1.165) is 13.0 Å². The molecular formula is C14H30O3. The molecule has 104 valence electrons. The van der Waals surface area contributed by atoms with E-state index in [1.807, 2.05) is 13.8 Å². The molecular weight excluding hydrogens is 216 g/mol. The van der Waals surface area contributed by atoms with Crippen molar-refractivity contribution in [3.05, 3.63) is 0 Å². The minimum Gasteiger partial charge on any atom is -0.376 e. The second kappa shape index (κ2) is 13.9. The van der Waals surface area contributed by atoms with Gasteiger partial charge in [-0.2, -0.15) is 0 Å². The van der Waals surface area contributed by atoms with Crippen LogP contribution in [0.4, 0.5) is 0 Å². The van der Waals surface area contributed by atoms with E-state index in [1.165, 1.54) is 32.1 Å². The number of rotatable bonds is 13. The van der Waals surface area contributed by atoms with Crippen molar-refractivity contribution >= 4 is 0 Å². The van der Waals surface area contributed by atoms with Gasteiger partial charge in [0.05, 0.1) is 6.61 Å².